The highest BCUT2D eigenvalue weighted by Gasteiger charge is 1.55. The van der Waals surface area contributed by atoms with E-state index in [1.54, 1.807) is 12.2 Å². The summed E-state index contributed by atoms with van der Waals surface area (Å²) in [6.45, 7) is 11.0. The standard InChI is InChI=1S/C6H10.C5H8/c1-3-5-6-4-2;1-3-5-4-2/h3,5-6H,1,4H2,2H3;3-5H,1H2,2H3/b6-5+;5-4+. The Morgan fingerprint density at radius 2 is 1.64 bits per heavy atom. The summed E-state index contributed by atoms with van der Waals surface area (Å²) in [6, 6.07) is 0. The SMILES string of the molecule is C=C/C=C/C.C=C/C=C/CC. The molecule has 0 nitrogen and oxygen atoms in total. The van der Waals surface area contributed by atoms with Gasteiger partial charge >= 0.3 is 0 Å². The Kier molecular flexibility index (Phi) is 18.3. The molecule has 0 saturated heterocycles. The molecule has 0 aromatic carbocycles. The Labute approximate surface area is 70.6 Å². The van der Waals surface area contributed by atoms with Gasteiger partial charge in [-0.2, -0.15) is 0 Å². The van der Waals surface area contributed by atoms with E-state index in [1.807, 2.05) is 25.2 Å². The van der Waals surface area contributed by atoms with Gasteiger partial charge in [0.25, 0.3) is 0 Å². The Hall–Kier alpha value is -1.04. The van der Waals surface area contributed by atoms with Crippen LogP contribution in [0.3, 0.4) is 0 Å². The summed E-state index contributed by atoms with van der Waals surface area (Å²) in [5.74, 6) is 0. The van der Waals surface area contributed by atoms with Gasteiger partial charge < -0.3 is 0 Å². The van der Waals surface area contributed by atoms with Crippen LogP contribution in [-0.2, 0) is 0 Å². The fraction of sp³-hybridized carbons (Fsp3) is 0.273. The third kappa shape index (κ3) is 27.7. The molecule has 0 aliphatic rings. The van der Waals surface area contributed by atoms with Crippen molar-refractivity contribution in [3.63, 3.8) is 0 Å². The predicted octanol–water partition coefficient (Wildman–Crippen LogP) is 3.89. The molecule has 0 radical (unpaired) electrons. The van der Waals surface area contributed by atoms with Gasteiger partial charge in [-0.15, -0.1) is 0 Å². The maximum Gasteiger partial charge on any atom is -0.0376 e. The zero-order valence-corrected chi connectivity index (χ0v) is 7.59. The van der Waals surface area contributed by atoms with Crippen molar-refractivity contribution in [3.8, 4) is 0 Å². The topological polar surface area (TPSA) is 0 Å². The van der Waals surface area contributed by atoms with E-state index in [9.17, 15) is 0 Å². The van der Waals surface area contributed by atoms with Crippen molar-refractivity contribution in [2.75, 3.05) is 0 Å². The van der Waals surface area contributed by atoms with Crippen LogP contribution in [0, 0.1) is 0 Å². The lowest BCUT2D eigenvalue weighted by Gasteiger charge is -1.67. The molecular weight excluding hydrogens is 132 g/mol. The lowest BCUT2D eigenvalue weighted by Crippen LogP contribution is -1.46. The first-order chi connectivity index (χ1) is 5.33. The highest BCUT2D eigenvalue weighted by Crippen LogP contribution is 1.76. The van der Waals surface area contributed by atoms with E-state index >= 15 is 0 Å². The molecule has 0 aliphatic heterocycles. The monoisotopic (exact) mass is 150 g/mol. The van der Waals surface area contributed by atoms with Crippen molar-refractivity contribution in [3.05, 3.63) is 49.6 Å². The van der Waals surface area contributed by atoms with E-state index in [-0.39, 0.29) is 0 Å². The molecule has 0 heterocycles. The molecule has 0 spiro atoms. The van der Waals surface area contributed by atoms with Crippen molar-refractivity contribution in [2.45, 2.75) is 20.3 Å². The Balaban J connectivity index is 0. The lowest BCUT2D eigenvalue weighted by molar-refractivity contribution is 1.22. The number of allylic oxidation sites excluding steroid dienone is 6. The van der Waals surface area contributed by atoms with Gasteiger partial charge in [0, 0.05) is 0 Å². The molecule has 0 aliphatic carbocycles. The number of rotatable bonds is 3. The molecule has 0 aromatic heterocycles. The largest absolute Gasteiger partial charge is 0.0991 e. The van der Waals surface area contributed by atoms with Gasteiger partial charge in [-0.1, -0.05) is 56.5 Å². The van der Waals surface area contributed by atoms with Gasteiger partial charge in [-0.3, -0.25) is 0 Å². The third-order valence-electron chi connectivity index (χ3n) is 0.836. The average molecular weight is 150 g/mol. The molecule has 0 atom stereocenters. The summed E-state index contributed by atoms with van der Waals surface area (Å²) < 4.78 is 0. The second-order valence-corrected chi connectivity index (χ2v) is 1.83. The van der Waals surface area contributed by atoms with Gasteiger partial charge in [0.15, 0.2) is 0 Å². The van der Waals surface area contributed by atoms with E-state index in [4.69, 9.17) is 0 Å². The molecule has 0 bridgehead atoms. The van der Waals surface area contributed by atoms with Crippen molar-refractivity contribution in [1.82, 2.24) is 0 Å². The van der Waals surface area contributed by atoms with Crippen molar-refractivity contribution < 1.29 is 0 Å². The molecular formula is C11H18. The summed E-state index contributed by atoms with van der Waals surface area (Å²) >= 11 is 0. The van der Waals surface area contributed by atoms with Crippen LogP contribution in [0.25, 0.3) is 0 Å². The maximum atomic E-state index is 3.51. The Morgan fingerprint density at radius 1 is 1.09 bits per heavy atom. The van der Waals surface area contributed by atoms with Crippen LogP contribution in [0.15, 0.2) is 49.6 Å². The number of hydrogen-bond donors (Lipinski definition) is 0. The van der Waals surface area contributed by atoms with Crippen LogP contribution in [0.2, 0.25) is 0 Å². The van der Waals surface area contributed by atoms with E-state index in [0.29, 0.717) is 0 Å². The summed E-state index contributed by atoms with van der Waals surface area (Å²) in [6.07, 6.45) is 12.5. The summed E-state index contributed by atoms with van der Waals surface area (Å²) in [5.41, 5.74) is 0. The first-order valence-electron chi connectivity index (χ1n) is 3.84. The minimum absolute atomic E-state index is 1.10. The molecule has 0 saturated carbocycles. The van der Waals surface area contributed by atoms with Gasteiger partial charge in [0.1, 0.15) is 0 Å². The van der Waals surface area contributed by atoms with Crippen LogP contribution < -0.4 is 0 Å². The van der Waals surface area contributed by atoms with Gasteiger partial charge in [-0.25, -0.2) is 0 Å². The first kappa shape index (κ1) is 12.6. The molecule has 11 heavy (non-hydrogen) atoms. The fourth-order valence-electron chi connectivity index (χ4n) is 0.368. The number of hydrogen-bond acceptors (Lipinski definition) is 0. The van der Waals surface area contributed by atoms with Crippen LogP contribution in [0.4, 0.5) is 0 Å². The zero-order valence-electron chi connectivity index (χ0n) is 7.59. The molecule has 0 fully saturated rings. The first-order valence-corrected chi connectivity index (χ1v) is 3.84. The predicted molar refractivity (Wildman–Crippen MR) is 54.6 cm³/mol. The Morgan fingerprint density at radius 3 is 1.73 bits per heavy atom. The van der Waals surface area contributed by atoms with Gasteiger partial charge in [0.2, 0.25) is 0 Å². The lowest BCUT2D eigenvalue weighted by atomic mass is 10.4. The second kappa shape index (κ2) is 16.0. The van der Waals surface area contributed by atoms with E-state index in [2.05, 4.69) is 26.2 Å². The smallest absolute Gasteiger partial charge is 0.0376 e. The molecule has 0 rings (SSSR count). The summed E-state index contributed by atoms with van der Waals surface area (Å²) in [4.78, 5) is 0. The third-order valence-corrected chi connectivity index (χ3v) is 0.836. The molecule has 0 heteroatoms. The van der Waals surface area contributed by atoms with Crippen LogP contribution >= 0.6 is 0 Å². The zero-order chi connectivity index (χ0) is 8.95. The quantitative estimate of drug-likeness (QED) is 0.535. The van der Waals surface area contributed by atoms with Crippen LogP contribution in [0.5, 0.6) is 0 Å². The van der Waals surface area contributed by atoms with Crippen LogP contribution in [-0.4, -0.2) is 0 Å². The van der Waals surface area contributed by atoms with Crippen molar-refractivity contribution in [1.29, 1.82) is 0 Å². The summed E-state index contributed by atoms with van der Waals surface area (Å²) in [5, 5.41) is 0. The van der Waals surface area contributed by atoms with Crippen molar-refractivity contribution in [2.24, 2.45) is 0 Å². The van der Waals surface area contributed by atoms with Gasteiger partial charge in [0.05, 0.1) is 0 Å². The minimum Gasteiger partial charge on any atom is -0.0991 e. The van der Waals surface area contributed by atoms with E-state index in [0.717, 1.165) is 6.42 Å². The van der Waals surface area contributed by atoms with E-state index < -0.39 is 0 Å². The molecule has 0 amide bonds. The second-order valence-electron chi connectivity index (χ2n) is 1.83. The van der Waals surface area contributed by atoms with E-state index in [1.165, 1.54) is 0 Å². The Bertz CT molecular complexity index is 127. The molecule has 62 valence electrons. The van der Waals surface area contributed by atoms with Crippen LogP contribution in [0.1, 0.15) is 20.3 Å². The fourth-order valence-corrected chi connectivity index (χ4v) is 0.368. The molecule has 0 aromatic rings. The molecule has 0 N–H and O–H groups in total. The maximum absolute atomic E-state index is 3.51. The van der Waals surface area contributed by atoms with Gasteiger partial charge in [-0.05, 0) is 13.3 Å². The highest BCUT2D eigenvalue weighted by atomic mass is 13.6. The average Bonchev–Trinajstić information content (AvgIpc) is 2.04. The highest BCUT2D eigenvalue weighted by molar-refractivity contribution is 4.96. The van der Waals surface area contributed by atoms with Crippen molar-refractivity contribution >= 4 is 0 Å². The minimum atomic E-state index is 1.10. The molecule has 0 unspecified atom stereocenters. The summed E-state index contributed by atoms with van der Waals surface area (Å²) in [7, 11) is 0. The normalized spacial score (nSPS) is 9.27.